The zero-order valence-electron chi connectivity index (χ0n) is 8.62. The number of anilines is 1. The summed E-state index contributed by atoms with van der Waals surface area (Å²) in [6.45, 7) is 0.680. The first kappa shape index (κ1) is 9.83. The van der Waals surface area contributed by atoms with Crippen molar-refractivity contribution in [1.29, 1.82) is 0 Å². The van der Waals surface area contributed by atoms with Crippen molar-refractivity contribution < 1.29 is 9.53 Å². The normalized spacial score (nSPS) is 20.1. The van der Waals surface area contributed by atoms with E-state index in [4.69, 9.17) is 10.5 Å². The molecule has 1 aliphatic heterocycles. The van der Waals surface area contributed by atoms with Crippen LogP contribution < -0.4 is 15.8 Å². The van der Waals surface area contributed by atoms with Gasteiger partial charge in [-0.25, -0.2) is 0 Å². The van der Waals surface area contributed by atoms with Gasteiger partial charge in [-0.15, -0.1) is 0 Å². The molecule has 15 heavy (non-hydrogen) atoms. The Hall–Kier alpha value is -1.71. The molecule has 0 aliphatic carbocycles. The zero-order chi connectivity index (χ0) is 10.8. The van der Waals surface area contributed by atoms with E-state index in [1.54, 1.807) is 13.2 Å². The minimum Gasteiger partial charge on any atom is -0.496 e. The van der Waals surface area contributed by atoms with Gasteiger partial charge in [0, 0.05) is 30.6 Å². The van der Waals surface area contributed by atoms with Crippen LogP contribution in [0.25, 0.3) is 0 Å². The van der Waals surface area contributed by atoms with E-state index < -0.39 is 0 Å². The summed E-state index contributed by atoms with van der Waals surface area (Å²) in [6.07, 6.45) is 0.528. The molecule has 4 heteroatoms. The first-order chi connectivity index (χ1) is 7.20. The molecule has 4 nitrogen and oxygen atoms in total. The predicted molar refractivity (Wildman–Crippen MR) is 57.8 cm³/mol. The van der Waals surface area contributed by atoms with Gasteiger partial charge in [0.05, 0.1) is 7.11 Å². The maximum Gasteiger partial charge on any atom is 0.220 e. The van der Waals surface area contributed by atoms with E-state index in [0.717, 1.165) is 11.3 Å². The van der Waals surface area contributed by atoms with Crippen LogP contribution in [-0.2, 0) is 4.79 Å². The molecule has 2 rings (SSSR count). The Bertz CT molecular complexity index is 390. The predicted octanol–water partition coefficient (Wildman–Crippen LogP) is 0.881. The van der Waals surface area contributed by atoms with Crippen LogP contribution in [-0.4, -0.2) is 19.6 Å². The third-order valence-corrected chi connectivity index (χ3v) is 2.67. The molecular weight excluding hydrogens is 192 g/mol. The number of methoxy groups -OCH3 is 1. The lowest BCUT2D eigenvalue weighted by Crippen LogP contribution is -2.13. The van der Waals surface area contributed by atoms with E-state index in [9.17, 15) is 4.79 Å². The Morgan fingerprint density at radius 3 is 2.93 bits per heavy atom. The number of nitrogens with two attached hydrogens (primary N) is 1. The van der Waals surface area contributed by atoms with Crippen LogP contribution in [0.1, 0.15) is 17.9 Å². The lowest BCUT2D eigenvalue weighted by molar-refractivity contribution is -0.119. The van der Waals surface area contributed by atoms with Crippen molar-refractivity contribution in [1.82, 2.24) is 5.32 Å². The van der Waals surface area contributed by atoms with E-state index in [0.29, 0.717) is 18.7 Å². The van der Waals surface area contributed by atoms with Crippen molar-refractivity contribution >= 4 is 11.6 Å². The third-order valence-electron chi connectivity index (χ3n) is 2.67. The minimum absolute atomic E-state index is 0.0962. The zero-order valence-corrected chi connectivity index (χ0v) is 8.62. The Morgan fingerprint density at radius 2 is 2.33 bits per heavy atom. The molecule has 3 N–H and O–H groups in total. The number of rotatable bonds is 2. The maximum atomic E-state index is 11.1. The largest absolute Gasteiger partial charge is 0.496 e. The van der Waals surface area contributed by atoms with E-state index in [2.05, 4.69) is 5.32 Å². The van der Waals surface area contributed by atoms with E-state index >= 15 is 0 Å². The average molecular weight is 206 g/mol. The van der Waals surface area contributed by atoms with Gasteiger partial charge < -0.3 is 15.8 Å². The molecule has 80 valence electrons. The monoisotopic (exact) mass is 206 g/mol. The standard InChI is InChI=1S/C11H14N2O2/c1-15-10-5-8(12)2-3-9(10)7-4-11(14)13-6-7/h2-3,5,7H,4,6,12H2,1H3,(H,13,14)/t7-/m0/s1. The van der Waals surface area contributed by atoms with Gasteiger partial charge in [0.25, 0.3) is 0 Å². The minimum atomic E-state index is 0.0962. The second kappa shape index (κ2) is 3.81. The Labute approximate surface area is 88.4 Å². The number of nitrogens with one attached hydrogen (secondary N) is 1. The van der Waals surface area contributed by atoms with Crippen LogP contribution in [0.15, 0.2) is 18.2 Å². The van der Waals surface area contributed by atoms with Crippen molar-refractivity contribution in [3.63, 3.8) is 0 Å². The Kier molecular flexibility index (Phi) is 2.49. The van der Waals surface area contributed by atoms with E-state index in [1.165, 1.54) is 0 Å². The highest BCUT2D eigenvalue weighted by Gasteiger charge is 2.25. The Morgan fingerprint density at radius 1 is 1.53 bits per heavy atom. The quantitative estimate of drug-likeness (QED) is 0.706. The molecule has 0 aromatic heterocycles. The summed E-state index contributed by atoms with van der Waals surface area (Å²) in [6, 6.07) is 5.55. The highest BCUT2D eigenvalue weighted by molar-refractivity contribution is 5.79. The number of ether oxygens (including phenoxy) is 1. The van der Waals surface area contributed by atoms with Gasteiger partial charge in [-0.2, -0.15) is 0 Å². The number of nitrogen functional groups attached to an aromatic ring is 1. The summed E-state index contributed by atoms with van der Waals surface area (Å²) < 4.78 is 5.25. The molecule has 0 spiro atoms. The van der Waals surface area contributed by atoms with E-state index in [-0.39, 0.29) is 11.8 Å². The van der Waals surface area contributed by atoms with Crippen molar-refractivity contribution in [3.8, 4) is 5.75 Å². The van der Waals surface area contributed by atoms with E-state index in [1.807, 2.05) is 12.1 Å². The van der Waals surface area contributed by atoms with Gasteiger partial charge in [0.1, 0.15) is 5.75 Å². The molecule has 0 unspecified atom stereocenters. The van der Waals surface area contributed by atoms with Gasteiger partial charge in [-0.1, -0.05) is 6.07 Å². The van der Waals surface area contributed by atoms with Crippen LogP contribution in [0.3, 0.4) is 0 Å². The summed E-state index contributed by atoms with van der Waals surface area (Å²) in [7, 11) is 1.61. The highest BCUT2D eigenvalue weighted by Crippen LogP contribution is 2.32. The van der Waals surface area contributed by atoms with Crippen LogP contribution in [0.4, 0.5) is 5.69 Å². The van der Waals surface area contributed by atoms with Gasteiger partial charge in [-0.05, 0) is 11.6 Å². The number of hydrogen-bond donors (Lipinski definition) is 2. The second-order valence-electron chi connectivity index (χ2n) is 3.71. The molecule has 1 aromatic carbocycles. The van der Waals surface area contributed by atoms with Crippen LogP contribution in [0, 0.1) is 0 Å². The second-order valence-corrected chi connectivity index (χ2v) is 3.71. The molecule has 1 aromatic rings. The van der Waals surface area contributed by atoms with Crippen LogP contribution in [0.2, 0.25) is 0 Å². The number of carbonyl (C=O) groups is 1. The van der Waals surface area contributed by atoms with Crippen molar-refractivity contribution in [2.75, 3.05) is 19.4 Å². The molecule has 1 atom stereocenters. The van der Waals surface area contributed by atoms with Gasteiger partial charge in [-0.3, -0.25) is 4.79 Å². The molecule has 1 amide bonds. The summed E-state index contributed by atoms with van der Waals surface area (Å²) in [5.41, 5.74) is 7.39. The fourth-order valence-corrected chi connectivity index (χ4v) is 1.89. The smallest absolute Gasteiger partial charge is 0.220 e. The molecule has 1 fully saturated rings. The molecule has 1 aliphatic rings. The number of amides is 1. The maximum absolute atomic E-state index is 11.1. The highest BCUT2D eigenvalue weighted by atomic mass is 16.5. The first-order valence-corrected chi connectivity index (χ1v) is 4.91. The van der Waals surface area contributed by atoms with Gasteiger partial charge >= 0.3 is 0 Å². The fraction of sp³-hybridized carbons (Fsp3) is 0.364. The number of hydrogen-bond acceptors (Lipinski definition) is 3. The molecule has 0 bridgehead atoms. The summed E-state index contributed by atoms with van der Waals surface area (Å²) in [5, 5.41) is 2.81. The third kappa shape index (κ3) is 1.88. The summed E-state index contributed by atoms with van der Waals surface area (Å²) >= 11 is 0. The molecule has 0 radical (unpaired) electrons. The lowest BCUT2D eigenvalue weighted by atomic mass is 9.97. The fourth-order valence-electron chi connectivity index (χ4n) is 1.89. The van der Waals surface area contributed by atoms with Crippen LogP contribution in [0.5, 0.6) is 5.75 Å². The average Bonchev–Trinajstić information content (AvgIpc) is 2.64. The topological polar surface area (TPSA) is 64.3 Å². The summed E-state index contributed by atoms with van der Waals surface area (Å²) in [4.78, 5) is 11.1. The number of benzene rings is 1. The first-order valence-electron chi connectivity index (χ1n) is 4.91. The van der Waals surface area contributed by atoms with Gasteiger partial charge in [0.2, 0.25) is 5.91 Å². The number of carbonyl (C=O) groups excluding carboxylic acids is 1. The summed E-state index contributed by atoms with van der Waals surface area (Å²) in [5.74, 6) is 1.06. The Balaban J connectivity index is 2.31. The molecule has 0 saturated carbocycles. The molecule has 1 saturated heterocycles. The molecule has 1 heterocycles. The van der Waals surface area contributed by atoms with Gasteiger partial charge in [0.15, 0.2) is 0 Å². The van der Waals surface area contributed by atoms with Crippen molar-refractivity contribution in [3.05, 3.63) is 23.8 Å². The SMILES string of the molecule is COc1cc(N)ccc1[C@@H]1CNC(=O)C1. The molecular formula is C11H14N2O2. The lowest BCUT2D eigenvalue weighted by Gasteiger charge is -2.13. The van der Waals surface area contributed by atoms with Crippen molar-refractivity contribution in [2.24, 2.45) is 0 Å². The van der Waals surface area contributed by atoms with Crippen molar-refractivity contribution in [2.45, 2.75) is 12.3 Å². The van der Waals surface area contributed by atoms with Crippen LogP contribution >= 0.6 is 0 Å².